The Labute approximate surface area is 166 Å². The third kappa shape index (κ3) is 4.84. The number of urea groups is 1. The Kier molecular flexibility index (Phi) is 5.99. The molecule has 0 aliphatic heterocycles. The lowest BCUT2D eigenvalue weighted by atomic mass is 9.98. The van der Waals surface area contributed by atoms with Crippen molar-refractivity contribution < 1.29 is 18.8 Å². The molecule has 0 radical (unpaired) electrons. The van der Waals surface area contributed by atoms with E-state index in [9.17, 15) is 18.8 Å². The van der Waals surface area contributed by atoms with Crippen LogP contribution in [-0.2, 0) is 0 Å². The number of ketones is 1. The number of benzene rings is 3. The molecular formula is C22H18FN3O3. The van der Waals surface area contributed by atoms with Gasteiger partial charge < -0.3 is 16.0 Å². The molecule has 3 amide bonds. The van der Waals surface area contributed by atoms with Gasteiger partial charge >= 0.3 is 6.03 Å². The molecule has 0 saturated heterocycles. The first-order valence-electron chi connectivity index (χ1n) is 8.77. The maximum atomic E-state index is 13.1. The minimum absolute atomic E-state index is 0.203. The monoisotopic (exact) mass is 391 g/mol. The third-order valence-electron chi connectivity index (χ3n) is 4.15. The van der Waals surface area contributed by atoms with Gasteiger partial charge in [0.1, 0.15) is 5.82 Å². The summed E-state index contributed by atoms with van der Waals surface area (Å²) >= 11 is 0. The first-order valence-corrected chi connectivity index (χ1v) is 8.77. The van der Waals surface area contributed by atoms with E-state index in [0.29, 0.717) is 11.4 Å². The number of amides is 3. The van der Waals surface area contributed by atoms with Crippen LogP contribution in [0.15, 0.2) is 72.8 Å². The Hall–Kier alpha value is -4.00. The number of rotatable bonds is 5. The number of carbonyl (C=O) groups excluding carboxylic acids is 3. The van der Waals surface area contributed by atoms with Crippen molar-refractivity contribution >= 4 is 29.1 Å². The average molecular weight is 391 g/mol. The summed E-state index contributed by atoms with van der Waals surface area (Å²) in [7, 11) is 1.51. The van der Waals surface area contributed by atoms with Gasteiger partial charge in [-0.1, -0.05) is 18.2 Å². The molecule has 3 aromatic carbocycles. The van der Waals surface area contributed by atoms with E-state index >= 15 is 0 Å². The standard InChI is InChI=1S/C22H18FN3O3/c1-24-22(29)26-17-12-10-16(11-13-17)25-21(28)19-5-3-2-4-18(19)20(27)14-6-8-15(23)9-7-14/h2-13H,1H3,(H,25,28)(H2,24,26,29). The zero-order chi connectivity index (χ0) is 20.8. The molecule has 0 aromatic heterocycles. The predicted octanol–water partition coefficient (Wildman–Crippen LogP) is 4.06. The molecule has 0 saturated carbocycles. The number of halogens is 1. The maximum absolute atomic E-state index is 13.1. The van der Waals surface area contributed by atoms with Crippen LogP contribution in [0.5, 0.6) is 0 Å². The fraction of sp³-hybridized carbons (Fsp3) is 0.0455. The van der Waals surface area contributed by atoms with Gasteiger partial charge in [0.25, 0.3) is 5.91 Å². The summed E-state index contributed by atoms with van der Waals surface area (Å²) < 4.78 is 13.1. The molecule has 6 nitrogen and oxygen atoms in total. The lowest BCUT2D eigenvalue weighted by molar-refractivity contribution is 0.0996. The zero-order valence-corrected chi connectivity index (χ0v) is 15.5. The van der Waals surface area contributed by atoms with E-state index in [-0.39, 0.29) is 28.5 Å². The Morgan fingerprint density at radius 2 is 1.28 bits per heavy atom. The van der Waals surface area contributed by atoms with Crippen LogP contribution in [0, 0.1) is 5.82 Å². The number of hydrogen-bond acceptors (Lipinski definition) is 3. The van der Waals surface area contributed by atoms with Crippen molar-refractivity contribution in [2.24, 2.45) is 0 Å². The third-order valence-corrected chi connectivity index (χ3v) is 4.15. The molecule has 0 fully saturated rings. The van der Waals surface area contributed by atoms with Crippen LogP contribution in [0.3, 0.4) is 0 Å². The van der Waals surface area contributed by atoms with Crippen LogP contribution in [0.2, 0.25) is 0 Å². The van der Waals surface area contributed by atoms with E-state index in [0.717, 1.165) is 0 Å². The molecule has 3 N–H and O–H groups in total. The maximum Gasteiger partial charge on any atom is 0.318 e. The fourth-order valence-electron chi connectivity index (χ4n) is 2.66. The summed E-state index contributed by atoms with van der Waals surface area (Å²) in [6.07, 6.45) is 0. The molecule has 0 unspecified atom stereocenters. The quantitative estimate of drug-likeness (QED) is 0.573. The highest BCUT2D eigenvalue weighted by Crippen LogP contribution is 2.19. The van der Waals surface area contributed by atoms with Crippen LogP contribution in [0.25, 0.3) is 0 Å². The molecule has 7 heteroatoms. The number of hydrogen-bond donors (Lipinski definition) is 3. The van der Waals surface area contributed by atoms with Gasteiger partial charge in [0, 0.05) is 29.5 Å². The van der Waals surface area contributed by atoms with E-state index in [2.05, 4.69) is 16.0 Å². The molecule has 146 valence electrons. The highest BCUT2D eigenvalue weighted by Gasteiger charge is 2.18. The average Bonchev–Trinajstić information content (AvgIpc) is 2.75. The predicted molar refractivity (Wildman–Crippen MR) is 109 cm³/mol. The van der Waals surface area contributed by atoms with Crippen molar-refractivity contribution in [3.8, 4) is 0 Å². The molecule has 29 heavy (non-hydrogen) atoms. The lowest BCUT2D eigenvalue weighted by Crippen LogP contribution is -2.24. The zero-order valence-electron chi connectivity index (χ0n) is 15.5. The molecular weight excluding hydrogens is 373 g/mol. The van der Waals surface area contributed by atoms with Crippen LogP contribution < -0.4 is 16.0 Å². The Balaban J connectivity index is 1.79. The van der Waals surface area contributed by atoms with Crippen molar-refractivity contribution in [1.29, 1.82) is 0 Å². The second-order valence-corrected chi connectivity index (χ2v) is 6.12. The Morgan fingerprint density at radius 3 is 1.86 bits per heavy atom. The van der Waals surface area contributed by atoms with Gasteiger partial charge in [-0.3, -0.25) is 9.59 Å². The van der Waals surface area contributed by atoms with Gasteiger partial charge in [0.05, 0.1) is 5.56 Å². The molecule has 0 aliphatic carbocycles. The van der Waals surface area contributed by atoms with Crippen molar-refractivity contribution in [2.75, 3.05) is 17.7 Å². The van der Waals surface area contributed by atoms with E-state index in [4.69, 9.17) is 0 Å². The lowest BCUT2D eigenvalue weighted by Gasteiger charge is -2.11. The number of carbonyl (C=O) groups is 3. The van der Waals surface area contributed by atoms with Crippen LogP contribution in [-0.4, -0.2) is 24.8 Å². The molecule has 0 atom stereocenters. The molecule has 3 aromatic rings. The van der Waals surface area contributed by atoms with Crippen molar-refractivity contribution in [1.82, 2.24) is 5.32 Å². The normalized spacial score (nSPS) is 10.1. The summed E-state index contributed by atoms with van der Waals surface area (Å²) in [4.78, 5) is 36.8. The van der Waals surface area contributed by atoms with E-state index < -0.39 is 11.7 Å². The van der Waals surface area contributed by atoms with Gasteiger partial charge in [-0.15, -0.1) is 0 Å². The van der Waals surface area contributed by atoms with E-state index in [1.807, 2.05) is 0 Å². The largest absolute Gasteiger partial charge is 0.341 e. The summed E-state index contributed by atoms with van der Waals surface area (Å²) in [5.41, 5.74) is 1.77. The highest BCUT2D eigenvalue weighted by atomic mass is 19.1. The molecule has 0 heterocycles. The second kappa shape index (κ2) is 8.79. The smallest absolute Gasteiger partial charge is 0.318 e. The first kappa shape index (κ1) is 19.8. The van der Waals surface area contributed by atoms with Gasteiger partial charge in [-0.25, -0.2) is 9.18 Å². The Bertz CT molecular complexity index is 1050. The van der Waals surface area contributed by atoms with Gasteiger partial charge in [-0.2, -0.15) is 0 Å². The van der Waals surface area contributed by atoms with Crippen LogP contribution in [0.4, 0.5) is 20.6 Å². The van der Waals surface area contributed by atoms with Crippen LogP contribution in [0.1, 0.15) is 26.3 Å². The topological polar surface area (TPSA) is 87.3 Å². The minimum Gasteiger partial charge on any atom is -0.341 e. The van der Waals surface area contributed by atoms with Crippen molar-refractivity contribution in [2.45, 2.75) is 0 Å². The van der Waals surface area contributed by atoms with Gasteiger partial charge in [0.15, 0.2) is 5.78 Å². The van der Waals surface area contributed by atoms with Crippen molar-refractivity contribution in [3.63, 3.8) is 0 Å². The van der Waals surface area contributed by atoms with E-state index in [1.165, 1.54) is 31.3 Å². The van der Waals surface area contributed by atoms with Gasteiger partial charge in [0.2, 0.25) is 0 Å². The fourth-order valence-corrected chi connectivity index (χ4v) is 2.66. The minimum atomic E-state index is -0.455. The molecule has 3 rings (SSSR count). The second-order valence-electron chi connectivity index (χ2n) is 6.12. The molecule has 0 spiro atoms. The Morgan fingerprint density at radius 1 is 0.724 bits per heavy atom. The van der Waals surface area contributed by atoms with Crippen LogP contribution >= 0.6 is 0 Å². The number of nitrogens with one attached hydrogen (secondary N) is 3. The molecule has 0 bridgehead atoms. The first-order chi connectivity index (χ1) is 14.0. The summed E-state index contributed by atoms with van der Waals surface area (Å²) in [5, 5.41) is 7.79. The SMILES string of the molecule is CNC(=O)Nc1ccc(NC(=O)c2ccccc2C(=O)c2ccc(F)cc2)cc1. The van der Waals surface area contributed by atoms with Crippen molar-refractivity contribution in [3.05, 3.63) is 95.3 Å². The highest BCUT2D eigenvalue weighted by molar-refractivity contribution is 6.17. The summed E-state index contributed by atoms with van der Waals surface area (Å²) in [6, 6.07) is 17.8. The van der Waals surface area contributed by atoms with E-state index in [1.54, 1.807) is 48.5 Å². The number of anilines is 2. The summed E-state index contributed by atoms with van der Waals surface area (Å²) in [5.74, 6) is -1.27. The summed E-state index contributed by atoms with van der Waals surface area (Å²) in [6.45, 7) is 0. The molecule has 0 aliphatic rings. The van der Waals surface area contributed by atoms with Gasteiger partial charge in [-0.05, 0) is 54.6 Å².